The number of likely N-dealkylation sites (tertiary alicyclic amines) is 1. The number of ether oxygens (including phenoxy) is 1. The summed E-state index contributed by atoms with van der Waals surface area (Å²) < 4.78 is 41.2. The van der Waals surface area contributed by atoms with E-state index in [1.807, 2.05) is 0 Å². The lowest BCUT2D eigenvalue weighted by Crippen LogP contribution is -2.53. The van der Waals surface area contributed by atoms with Crippen molar-refractivity contribution in [2.24, 2.45) is 11.3 Å². The zero-order chi connectivity index (χ0) is 26.1. The summed E-state index contributed by atoms with van der Waals surface area (Å²) in [5.41, 5.74) is -0.158. The number of amides is 3. The first kappa shape index (κ1) is 26.0. The van der Waals surface area contributed by atoms with Crippen molar-refractivity contribution in [1.82, 2.24) is 20.5 Å². The van der Waals surface area contributed by atoms with Crippen molar-refractivity contribution in [3.8, 4) is 0 Å². The van der Waals surface area contributed by atoms with Gasteiger partial charge in [-0.1, -0.05) is 6.07 Å². The largest absolute Gasteiger partial charge is 0.522 e. The normalized spacial score (nSPS) is 24.3. The van der Waals surface area contributed by atoms with Gasteiger partial charge in [0, 0.05) is 25.2 Å². The number of nitrogens with zero attached hydrogens (tertiary/aromatic N) is 2. The molecule has 3 fully saturated rings. The maximum absolute atomic E-state index is 13.3. The standard InChI is InChI=1S/C23H27F3N4O6/c24-23(25,26)36-11-17(31)15(9-13-4-8-28-19(13)33)29-20(34)16-10-22(5-6-22)12-30(16)21(35)18(32)14-3-1-2-7-27-14/h1-3,7,13,15-16,18,32H,4-6,8-12H2,(H,28,33)(H,29,34)/t13-,15-,16-,18?/m0/s1. The van der Waals surface area contributed by atoms with E-state index in [0.717, 1.165) is 12.8 Å². The van der Waals surface area contributed by atoms with Crippen molar-refractivity contribution in [3.05, 3.63) is 30.1 Å². The lowest BCUT2D eigenvalue weighted by molar-refractivity contribution is -0.321. The number of aliphatic hydroxyl groups excluding tert-OH is 1. The molecule has 1 aliphatic carbocycles. The molecule has 3 N–H and O–H groups in total. The second-order valence-electron chi connectivity index (χ2n) is 9.62. The molecule has 3 heterocycles. The molecule has 1 spiro atoms. The molecule has 4 atom stereocenters. The Balaban J connectivity index is 1.49. The smallest absolute Gasteiger partial charge is 0.377 e. The van der Waals surface area contributed by atoms with Crippen LogP contribution in [0.15, 0.2) is 24.4 Å². The average Bonchev–Trinajstić information content (AvgIpc) is 3.30. The fourth-order valence-corrected chi connectivity index (χ4v) is 4.83. The summed E-state index contributed by atoms with van der Waals surface area (Å²) in [6.45, 7) is -0.733. The molecule has 0 bridgehead atoms. The Morgan fingerprint density at radius 3 is 2.64 bits per heavy atom. The van der Waals surface area contributed by atoms with Gasteiger partial charge < -0.3 is 20.6 Å². The van der Waals surface area contributed by atoms with E-state index in [0.29, 0.717) is 19.4 Å². The lowest BCUT2D eigenvalue weighted by atomic mass is 9.95. The van der Waals surface area contributed by atoms with E-state index in [1.165, 1.54) is 17.2 Å². The number of ketones is 1. The Morgan fingerprint density at radius 1 is 1.31 bits per heavy atom. The monoisotopic (exact) mass is 512 g/mol. The van der Waals surface area contributed by atoms with Crippen LogP contribution < -0.4 is 10.6 Å². The maximum atomic E-state index is 13.3. The third-order valence-corrected chi connectivity index (χ3v) is 7.02. The van der Waals surface area contributed by atoms with Gasteiger partial charge in [-0.3, -0.25) is 28.9 Å². The van der Waals surface area contributed by atoms with Crippen molar-refractivity contribution < 1.29 is 42.2 Å². The molecule has 4 rings (SSSR count). The summed E-state index contributed by atoms with van der Waals surface area (Å²) in [5, 5.41) is 15.6. The summed E-state index contributed by atoms with van der Waals surface area (Å²) in [7, 11) is 0. The summed E-state index contributed by atoms with van der Waals surface area (Å²) in [6.07, 6.45) is -3.19. The number of Topliss-reactive ketones (excluding diaryl/α,β-unsaturated/α-hetero) is 1. The maximum Gasteiger partial charge on any atom is 0.522 e. The predicted octanol–water partition coefficient (Wildman–Crippen LogP) is 0.613. The number of nitrogens with one attached hydrogen (secondary N) is 2. The molecule has 13 heteroatoms. The fraction of sp³-hybridized carbons (Fsp3) is 0.609. The first-order chi connectivity index (χ1) is 17.0. The molecule has 3 aliphatic rings. The van der Waals surface area contributed by atoms with Crippen LogP contribution in [0.5, 0.6) is 0 Å². The number of hydrogen-bond acceptors (Lipinski definition) is 7. The SMILES string of the molecule is O=C1NCC[C@H]1C[C@H](NC(=O)[C@@H]1CC2(CC2)CN1C(=O)C(O)c1ccccn1)C(=O)COC(F)(F)F. The number of carbonyl (C=O) groups is 4. The molecule has 2 saturated heterocycles. The Labute approximate surface area is 204 Å². The third-order valence-electron chi connectivity index (χ3n) is 7.02. The van der Waals surface area contributed by atoms with Gasteiger partial charge in [0.05, 0.1) is 11.7 Å². The molecule has 1 aromatic rings. The molecule has 196 valence electrons. The molecule has 0 radical (unpaired) electrons. The first-order valence-electron chi connectivity index (χ1n) is 11.7. The van der Waals surface area contributed by atoms with Gasteiger partial charge in [-0.25, -0.2) is 0 Å². The van der Waals surface area contributed by atoms with Gasteiger partial charge in [-0.05, 0) is 49.7 Å². The number of halogens is 3. The molecule has 1 unspecified atom stereocenters. The second-order valence-corrected chi connectivity index (χ2v) is 9.62. The number of alkyl halides is 3. The minimum Gasteiger partial charge on any atom is -0.377 e. The van der Waals surface area contributed by atoms with Crippen LogP contribution in [0.1, 0.15) is 43.9 Å². The van der Waals surface area contributed by atoms with Crippen LogP contribution in [-0.2, 0) is 23.9 Å². The third kappa shape index (κ3) is 6.01. The van der Waals surface area contributed by atoms with Gasteiger partial charge in [0.15, 0.2) is 11.9 Å². The predicted molar refractivity (Wildman–Crippen MR) is 116 cm³/mol. The summed E-state index contributed by atoms with van der Waals surface area (Å²) in [4.78, 5) is 56.2. The van der Waals surface area contributed by atoms with E-state index in [2.05, 4.69) is 20.4 Å². The quantitative estimate of drug-likeness (QED) is 0.441. The van der Waals surface area contributed by atoms with Crippen LogP contribution in [0.25, 0.3) is 0 Å². The summed E-state index contributed by atoms with van der Waals surface area (Å²) in [6, 6.07) is 2.25. The zero-order valence-electron chi connectivity index (χ0n) is 19.3. The first-order valence-corrected chi connectivity index (χ1v) is 11.7. The van der Waals surface area contributed by atoms with E-state index in [-0.39, 0.29) is 30.0 Å². The van der Waals surface area contributed by atoms with Gasteiger partial charge in [-0.2, -0.15) is 0 Å². The highest BCUT2D eigenvalue weighted by molar-refractivity contribution is 5.95. The molecule has 36 heavy (non-hydrogen) atoms. The highest BCUT2D eigenvalue weighted by Gasteiger charge is 2.56. The lowest BCUT2D eigenvalue weighted by Gasteiger charge is -2.28. The Bertz CT molecular complexity index is 1020. The van der Waals surface area contributed by atoms with Gasteiger partial charge in [0.25, 0.3) is 5.91 Å². The van der Waals surface area contributed by atoms with E-state index in [1.54, 1.807) is 12.1 Å². The number of hydrogen-bond donors (Lipinski definition) is 3. The fourth-order valence-electron chi connectivity index (χ4n) is 4.83. The van der Waals surface area contributed by atoms with Crippen LogP contribution in [-0.4, -0.2) is 76.6 Å². The van der Waals surface area contributed by atoms with E-state index >= 15 is 0 Å². The van der Waals surface area contributed by atoms with Gasteiger partial charge >= 0.3 is 6.36 Å². The minimum absolute atomic E-state index is 0.114. The van der Waals surface area contributed by atoms with Gasteiger partial charge in [0.1, 0.15) is 12.6 Å². The highest BCUT2D eigenvalue weighted by Crippen LogP contribution is 2.55. The average molecular weight is 512 g/mol. The summed E-state index contributed by atoms with van der Waals surface area (Å²) in [5.74, 6) is -3.51. The van der Waals surface area contributed by atoms with Crippen molar-refractivity contribution in [2.45, 2.75) is 56.7 Å². The number of aliphatic hydroxyl groups is 1. The van der Waals surface area contributed by atoms with Crippen molar-refractivity contribution in [1.29, 1.82) is 0 Å². The Hall–Kier alpha value is -3.06. The van der Waals surface area contributed by atoms with Crippen LogP contribution in [0.2, 0.25) is 0 Å². The van der Waals surface area contributed by atoms with E-state index < -0.39 is 54.7 Å². The minimum atomic E-state index is -5.04. The topological polar surface area (TPSA) is 138 Å². The molecular formula is C23H27F3N4O6. The summed E-state index contributed by atoms with van der Waals surface area (Å²) >= 11 is 0. The van der Waals surface area contributed by atoms with Gasteiger partial charge in [-0.15, -0.1) is 13.2 Å². The molecular weight excluding hydrogens is 485 g/mol. The van der Waals surface area contributed by atoms with Crippen LogP contribution in [0.4, 0.5) is 13.2 Å². The number of pyridine rings is 1. The molecule has 1 saturated carbocycles. The van der Waals surface area contributed by atoms with Crippen LogP contribution in [0.3, 0.4) is 0 Å². The highest BCUT2D eigenvalue weighted by atomic mass is 19.4. The van der Waals surface area contributed by atoms with E-state index in [4.69, 9.17) is 0 Å². The molecule has 2 aliphatic heterocycles. The zero-order valence-corrected chi connectivity index (χ0v) is 19.3. The molecule has 0 aromatic carbocycles. The molecule has 10 nitrogen and oxygen atoms in total. The van der Waals surface area contributed by atoms with Crippen molar-refractivity contribution >= 4 is 23.5 Å². The number of carbonyl (C=O) groups excluding carboxylic acids is 4. The molecule has 3 amide bonds. The Morgan fingerprint density at radius 2 is 2.06 bits per heavy atom. The van der Waals surface area contributed by atoms with Crippen molar-refractivity contribution in [2.75, 3.05) is 19.7 Å². The number of aromatic nitrogens is 1. The van der Waals surface area contributed by atoms with E-state index in [9.17, 15) is 37.5 Å². The number of rotatable bonds is 9. The Kier molecular flexibility index (Phi) is 7.32. The second kappa shape index (κ2) is 10.1. The van der Waals surface area contributed by atoms with Crippen LogP contribution in [0, 0.1) is 11.3 Å². The van der Waals surface area contributed by atoms with Crippen LogP contribution >= 0.6 is 0 Å². The molecule has 1 aromatic heterocycles. The van der Waals surface area contributed by atoms with Gasteiger partial charge in [0.2, 0.25) is 11.8 Å². The van der Waals surface area contributed by atoms with Crippen molar-refractivity contribution in [3.63, 3.8) is 0 Å².